The first-order chi connectivity index (χ1) is 6.93. The van der Waals surface area contributed by atoms with Gasteiger partial charge in [0.25, 0.3) is 0 Å². The van der Waals surface area contributed by atoms with E-state index in [0.717, 1.165) is 12.8 Å². The number of aliphatic carboxylic acids is 1. The highest BCUT2D eigenvalue weighted by Gasteiger charge is 2.38. The van der Waals surface area contributed by atoms with Crippen molar-refractivity contribution in [1.29, 1.82) is 0 Å². The van der Waals surface area contributed by atoms with Gasteiger partial charge >= 0.3 is 12.0 Å². The number of aliphatic hydroxyl groups excluding tert-OH is 1. The monoisotopic (exact) mass is 216 g/mol. The van der Waals surface area contributed by atoms with Crippen molar-refractivity contribution >= 4 is 12.0 Å². The number of aliphatic hydroxyl groups is 1. The lowest BCUT2D eigenvalue weighted by Crippen LogP contribution is -2.43. The van der Waals surface area contributed by atoms with Crippen LogP contribution in [0, 0.1) is 0 Å². The van der Waals surface area contributed by atoms with Crippen LogP contribution >= 0.6 is 0 Å². The lowest BCUT2D eigenvalue weighted by atomic mass is 10.2. The van der Waals surface area contributed by atoms with Gasteiger partial charge in [-0.2, -0.15) is 0 Å². The zero-order chi connectivity index (χ0) is 11.5. The van der Waals surface area contributed by atoms with Crippen molar-refractivity contribution in [2.75, 3.05) is 6.54 Å². The van der Waals surface area contributed by atoms with Crippen LogP contribution in [0.5, 0.6) is 0 Å². The van der Waals surface area contributed by atoms with Gasteiger partial charge in [-0.1, -0.05) is 0 Å². The molecule has 6 nitrogen and oxygen atoms in total. The minimum Gasteiger partial charge on any atom is -0.479 e. The van der Waals surface area contributed by atoms with Gasteiger partial charge in [-0.3, -0.25) is 0 Å². The number of carbonyl (C=O) groups excluding carboxylic acids is 1. The van der Waals surface area contributed by atoms with E-state index < -0.39 is 12.1 Å². The van der Waals surface area contributed by atoms with Crippen LogP contribution in [0.3, 0.4) is 0 Å². The molecule has 2 amide bonds. The second kappa shape index (κ2) is 4.48. The van der Waals surface area contributed by atoms with Crippen LogP contribution in [0.4, 0.5) is 4.79 Å². The van der Waals surface area contributed by atoms with Gasteiger partial charge in [0.1, 0.15) is 0 Å². The minimum atomic E-state index is -1.41. The van der Waals surface area contributed by atoms with Crippen LogP contribution in [0.1, 0.15) is 26.2 Å². The van der Waals surface area contributed by atoms with Crippen molar-refractivity contribution in [3.63, 3.8) is 0 Å². The van der Waals surface area contributed by atoms with E-state index in [1.165, 1.54) is 0 Å². The van der Waals surface area contributed by atoms with Gasteiger partial charge in [0.05, 0.1) is 0 Å². The second-order valence-corrected chi connectivity index (χ2v) is 4.08. The van der Waals surface area contributed by atoms with Crippen LogP contribution in [-0.4, -0.2) is 40.4 Å². The van der Waals surface area contributed by atoms with Crippen molar-refractivity contribution < 1.29 is 19.8 Å². The van der Waals surface area contributed by atoms with Gasteiger partial charge in [0, 0.05) is 18.5 Å². The van der Waals surface area contributed by atoms with Crippen molar-refractivity contribution in [2.45, 2.75) is 37.8 Å². The highest BCUT2D eigenvalue weighted by Crippen LogP contribution is 2.33. The Morgan fingerprint density at radius 1 is 1.47 bits per heavy atom. The second-order valence-electron chi connectivity index (χ2n) is 4.08. The molecular formula is C9H16N2O4. The molecule has 1 saturated carbocycles. The standard InChI is InChI=1S/C9H16N2O4/c1-9(3-4-9)11-8(15)10-5-2-6(12)7(13)14/h6,12H,2-5H2,1H3,(H,13,14)(H2,10,11,15). The Morgan fingerprint density at radius 2 is 2.07 bits per heavy atom. The molecule has 86 valence electrons. The van der Waals surface area contributed by atoms with Gasteiger partial charge < -0.3 is 20.8 Å². The fourth-order valence-electron chi connectivity index (χ4n) is 1.08. The maximum absolute atomic E-state index is 11.2. The van der Waals surface area contributed by atoms with Gasteiger partial charge in [-0.25, -0.2) is 9.59 Å². The van der Waals surface area contributed by atoms with Crippen molar-refractivity contribution in [2.24, 2.45) is 0 Å². The Bertz CT molecular complexity index is 263. The number of nitrogens with one attached hydrogen (secondary N) is 2. The maximum Gasteiger partial charge on any atom is 0.332 e. The summed E-state index contributed by atoms with van der Waals surface area (Å²) in [6.07, 6.45) is 0.539. The highest BCUT2D eigenvalue weighted by molar-refractivity contribution is 5.75. The van der Waals surface area contributed by atoms with Crippen LogP contribution in [-0.2, 0) is 4.79 Å². The zero-order valence-electron chi connectivity index (χ0n) is 8.62. The maximum atomic E-state index is 11.2. The highest BCUT2D eigenvalue weighted by atomic mass is 16.4. The van der Waals surface area contributed by atoms with E-state index in [1.807, 2.05) is 6.92 Å². The number of urea groups is 1. The molecule has 0 bridgehead atoms. The van der Waals surface area contributed by atoms with E-state index in [9.17, 15) is 9.59 Å². The molecule has 0 aliphatic heterocycles. The molecule has 15 heavy (non-hydrogen) atoms. The third-order valence-electron chi connectivity index (χ3n) is 2.40. The summed E-state index contributed by atoms with van der Waals surface area (Å²) in [6, 6.07) is -0.312. The molecule has 1 unspecified atom stereocenters. The predicted molar refractivity (Wildman–Crippen MR) is 52.4 cm³/mol. The first-order valence-corrected chi connectivity index (χ1v) is 4.90. The van der Waals surface area contributed by atoms with Gasteiger partial charge in [-0.15, -0.1) is 0 Å². The molecule has 1 fully saturated rings. The fraction of sp³-hybridized carbons (Fsp3) is 0.778. The first kappa shape index (κ1) is 11.8. The van der Waals surface area contributed by atoms with Crippen molar-refractivity contribution in [3.8, 4) is 0 Å². The minimum absolute atomic E-state index is 0.0134. The smallest absolute Gasteiger partial charge is 0.332 e. The van der Waals surface area contributed by atoms with E-state index in [0.29, 0.717) is 0 Å². The lowest BCUT2D eigenvalue weighted by molar-refractivity contribution is -0.146. The molecule has 0 heterocycles. The van der Waals surface area contributed by atoms with E-state index >= 15 is 0 Å². The molecule has 4 N–H and O–H groups in total. The number of hydrogen-bond donors (Lipinski definition) is 4. The van der Waals surface area contributed by atoms with Crippen molar-refractivity contribution in [3.05, 3.63) is 0 Å². The third kappa shape index (κ3) is 4.16. The molecule has 0 spiro atoms. The number of rotatable bonds is 5. The van der Waals surface area contributed by atoms with Crippen LogP contribution in [0.25, 0.3) is 0 Å². The number of carboxylic acids is 1. The molecule has 1 aliphatic rings. The summed E-state index contributed by atoms with van der Waals surface area (Å²) in [4.78, 5) is 21.4. The molecule has 0 radical (unpaired) electrons. The molecule has 0 aromatic carbocycles. The molecule has 1 rings (SSSR count). The molecule has 1 atom stereocenters. The topological polar surface area (TPSA) is 98.7 Å². The van der Waals surface area contributed by atoms with Gasteiger partial charge in [0.2, 0.25) is 0 Å². The zero-order valence-corrected chi connectivity index (χ0v) is 8.62. The Hall–Kier alpha value is -1.30. The van der Waals surface area contributed by atoms with Gasteiger partial charge in [0.15, 0.2) is 6.10 Å². The number of carboxylic acid groups (broad SMARTS) is 1. The number of amides is 2. The summed E-state index contributed by atoms with van der Waals surface area (Å²) in [7, 11) is 0. The Kier molecular flexibility index (Phi) is 3.52. The summed E-state index contributed by atoms with van der Waals surface area (Å²) in [5.41, 5.74) is -0.0878. The molecule has 1 aliphatic carbocycles. The van der Waals surface area contributed by atoms with E-state index in [1.54, 1.807) is 0 Å². The third-order valence-corrected chi connectivity index (χ3v) is 2.40. The molecular weight excluding hydrogens is 200 g/mol. The first-order valence-electron chi connectivity index (χ1n) is 4.90. The summed E-state index contributed by atoms with van der Waals surface area (Å²) in [6.45, 7) is 2.09. The molecule has 6 heteroatoms. The largest absolute Gasteiger partial charge is 0.479 e. The number of hydrogen-bond acceptors (Lipinski definition) is 3. The van der Waals surface area contributed by atoms with E-state index in [2.05, 4.69) is 10.6 Å². The number of carbonyl (C=O) groups is 2. The average molecular weight is 216 g/mol. The summed E-state index contributed by atoms with van der Waals surface area (Å²) in [5, 5.41) is 22.5. The SMILES string of the molecule is CC1(NC(=O)NCCC(O)C(=O)O)CC1. The summed E-state index contributed by atoms with van der Waals surface area (Å²) in [5.74, 6) is -1.27. The summed E-state index contributed by atoms with van der Waals surface area (Å²) < 4.78 is 0. The van der Waals surface area contributed by atoms with Crippen LogP contribution < -0.4 is 10.6 Å². The van der Waals surface area contributed by atoms with Crippen molar-refractivity contribution in [1.82, 2.24) is 10.6 Å². The Labute approximate surface area is 87.7 Å². The average Bonchev–Trinajstić information content (AvgIpc) is 2.82. The fourth-order valence-corrected chi connectivity index (χ4v) is 1.08. The molecule has 0 aromatic heterocycles. The Balaban J connectivity index is 2.09. The van der Waals surface area contributed by atoms with E-state index in [4.69, 9.17) is 10.2 Å². The Morgan fingerprint density at radius 3 is 2.53 bits per heavy atom. The lowest BCUT2D eigenvalue weighted by Gasteiger charge is -2.13. The molecule has 0 aromatic rings. The van der Waals surface area contributed by atoms with Crippen LogP contribution in [0.2, 0.25) is 0 Å². The van der Waals surface area contributed by atoms with E-state index in [-0.39, 0.29) is 24.5 Å². The molecule has 0 saturated heterocycles. The van der Waals surface area contributed by atoms with Crippen LogP contribution in [0.15, 0.2) is 0 Å². The quantitative estimate of drug-likeness (QED) is 0.506. The summed E-state index contributed by atoms with van der Waals surface area (Å²) >= 11 is 0. The predicted octanol–water partition coefficient (Wildman–Crippen LogP) is -0.326. The normalized spacial score (nSPS) is 19.1. The van der Waals surface area contributed by atoms with Gasteiger partial charge in [-0.05, 0) is 19.8 Å².